The first kappa shape index (κ1) is 15.7. The fourth-order valence-electron chi connectivity index (χ4n) is 1.70. The fourth-order valence-corrected chi connectivity index (χ4v) is 1.70. The van der Waals surface area contributed by atoms with Crippen molar-refractivity contribution in [3.63, 3.8) is 0 Å². The maximum absolute atomic E-state index is 4.98. The molecule has 0 amide bonds. The van der Waals surface area contributed by atoms with Crippen LogP contribution in [0.15, 0.2) is 0 Å². The molecule has 0 fully saturated rings. The lowest BCUT2D eigenvalue weighted by atomic mass is 10.1. The van der Waals surface area contributed by atoms with Gasteiger partial charge in [0.25, 0.3) is 0 Å². The van der Waals surface area contributed by atoms with E-state index in [1.807, 2.05) is 0 Å². The van der Waals surface area contributed by atoms with Gasteiger partial charge in [0, 0.05) is 6.42 Å². The van der Waals surface area contributed by atoms with Crippen molar-refractivity contribution in [2.75, 3.05) is 0 Å². The third-order valence-corrected chi connectivity index (χ3v) is 2.69. The monoisotopic (exact) mass is 228 g/mol. The van der Waals surface area contributed by atoms with Gasteiger partial charge in [0.2, 0.25) is 0 Å². The van der Waals surface area contributed by atoms with Crippen molar-refractivity contribution in [2.24, 2.45) is 0 Å². The minimum absolute atomic E-state index is 0.953. The molecule has 17 heavy (non-hydrogen) atoms. The van der Waals surface area contributed by atoms with Crippen LogP contribution in [0.25, 0.3) is 0 Å². The van der Waals surface area contributed by atoms with Gasteiger partial charge >= 0.3 is 0 Å². The van der Waals surface area contributed by atoms with Crippen LogP contribution in [-0.4, -0.2) is 0 Å². The Bertz CT molecular complexity index is 308. The third-order valence-electron chi connectivity index (χ3n) is 2.69. The molecule has 0 aliphatic carbocycles. The van der Waals surface area contributed by atoms with E-state index in [0.717, 1.165) is 6.42 Å². The summed E-state index contributed by atoms with van der Waals surface area (Å²) in [6.07, 6.45) is 18.1. The van der Waals surface area contributed by atoms with Crippen molar-refractivity contribution in [2.45, 2.75) is 71.1 Å². The predicted molar refractivity (Wildman–Crippen MR) is 76.2 cm³/mol. The van der Waals surface area contributed by atoms with Gasteiger partial charge in [-0.25, -0.2) is 0 Å². The Morgan fingerprint density at radius 3 is 1.88 bits per heavy atom. The van der Waals surface area contributed by atoms with Crippen molar-refractivity contribution < 1.29 is 0 Å². The summed E-state index contributed by atoms with van der Waals surface area (Å²) in [6.45, 7) is 2.26. The largest absolute Gasteiger partial charge is 0.106 e. The first-order valence-electron chi connectivity index (χ1n) is 6.85. The average molecular weight is 228 g/mol. The fraction of sp³-hybridized carbons (Fsp3) is 0.647. The molecule has 0 radical (unpaired) electrons. The highest BCUT2D eigenvalue weighted by atomic mass is 14.0. The molecule has 0 aromatic heterocycles. The smallest absolute Gasteiger partial charge is 0.00989 e. The SMILES string of the molecule is C#CC#CC#CCCCCCCCCCCC. The van der Waals surface area contributed by atoms with Crippen LogP contribution in [0.3, 0.4) is 0 Å². The Morgan fingerprint density at radius 1 is 0.706 bits per heavy atom. The Labute approximate surface area is 108 Å². The molecule has 0 heterocycles. The van der Waals surface area contributed by atoms with Gasteiger partial charge in [-0.2, -0.15) is 0 Å². The second-order valence-electron chi connectivity index (χ2n) is 4.27. The number of hydrogen-bond acceptors (Lipinski definition) is 0. The molecular formula is C17H24. The van der Waals surface area contributed by atoms with E-state index in [9.17, 15) is 0 Å². The highest BCUT2D eigenvalue weighted by Crippen LogP contribution is 2.09. The summed E-state index contributed by atoms with van der Waals surface area (Å²) in [5.41, 5.74) is 0. The summed E-state index contributed by atoms with van der Waals surface area (Å²) in [7, 11) is 0. The van der Waals surface area contributed by atoms with Gasteiger partial charge in [0.1, 0.15) is 0 Å². The van der Waals surface area contributed by atoms with Gasteiger partial charge < -0.3 is 0 Å². The summed E-state index contributed by atoms with van der Waals surface area (Å²) in [6, 6.07) is 0. The van der Waals surface area contributed by atoms with E-state index < -0.39 is 0 Å². The number of rotatable bonds is 9. The Kier molecular flexibility index (Phi) is 13.5. The lowest BCUT2D eigenvalue weighted by Crippen LogP contribution is -1.80. The Balaban J connectivity index is 3.13. The van der Waals surface area contributed by atoms with Crippen LogP contribution < -0.4 is 0 Å². The van der Waals surface area contributed by atoms with Gasteiger partial charge in [-0.3, -0.25) is 0 Å². The standard InChI is InChI=1S/C17H24/c1-3-5-7-9-11-13-15-17-16-14-12-10-8-6-4-2/h1H,4,6,8,10,12-17H2,2H3. The summed E-state index contributed by atoms with van der Waals surface area (Å²) in [4.78, 5) is 0. The summed E-state index contributed by atoms with van der Waals surface area (Å²) in [5.74, 6) is 13.1. The summed E-state index contributed by atoms with van der Waals surface area (Å²) < 4.78 is 0. The van der Waals surface area contributed by atoms with Gasteiger partial charge in [0.05, 0.1) is 0 Å². The van der Waals surface area contributed by atoms with Crippen molar-refractivity contribution in [1.82, 2.24) is 0 Å². The van der Waals surface area contributed by atoms with Gasteiger partial charge in [-0.1, -0.05) is 64.2 Å². The molecule has 0 unspecified atom stereocenters. The third kappa shape index (κ3) is 14.7. The van der Waals surface area contributed by atoms with Gasteiger partial charge in [-0.05, 0) is 30.1 Å². The molecule has 0 saturated heterocycles. The van der Waals surface area contributed by atoms with Crippen molar-refractivity contribution in [1.29, 1.82) is 0 Å². The molecule has 0 aromatic rings. The highest BCUT2D eigenvalue weighted by Gasteiger charge is 1.90. The van der Waals surface area contributed by atoms with Crippen LogP contribution >= 0.6 is 0 Å². The van der Waals surface area contributed by atoms with Crippen LogP contribution in [0.1, 0.15) is 71.1 Å². The van der Waals surface area contributed by atoms with Crippen molar-refractivity contribution in [3.8, 4) is 36.0 Å². The molecule has 0 spiro atoms. The lowest BCUT2D eigenvalue weighted by molar-refractivity contribution is 0.567. The van der Waals surface area contributed by atoms with Gasteiger partial charge in [0.15, 0.2) is 0 Å². The first-order chi connectivity index (χ1) is 8.41. The average Bonchev–Trinajstić information content (AvgIpc) is 2.35. The van der Waals surface area contributed by atoms with E-state index in [1.54, 1.807) is 0 Å². The molecule has 0 aliphatic heterocycles. The predicted octanol–water partition coefficient (Wildman–Crippen LogP) is 4.55. The quantitative estimate of drug-likeness (QED) is 0.401. The molecule has 0 atom stereocenters. The summed E-state index contributed by atoms with van der Waals surface area (Å²) in [5, 5.41) is 0. The van der Waals surface area contributed by atoms with Crippen LogP contribution in [0, 0.1) is 36.0 Å². The molecule has 0 aromatic carbocycles. The van der Waals surface area contributed by atoms with Crippen LogP contribution in [0.2, 0.25) is 0 Å². The van der Waals surface area contributed by atoms with E-state index in [2.05, 4.69) is 36.5 Å². The molecule has 0 nitrogen and oxygen atoms in total. The summed E-state index contributed by atoms with van der Waals surface area (Å²) >= 11 is 0. The first-order valence-corrected chi connectivity index (χ1v) is 6.85. The zero-order valence-corrected chi connectivity index (χ0v) is 11.1. The minimum atomic E-state index is 0.953. The zero-order chi connectivity index (χ0) is 12.6. The maximum Gasteiger partial charge on any atom is 0.00989 e. The Morgan fingerprint density at radius 2 is 1.29 bits per heavy atom. The van der Waals surface area contributed by atoms with Crippen LogP contribution in [0.5, 0.6) is 0 Å². The molecule has 0 aliphatic rings. The minimum Gasteiger partial charge on any atom is -0.106 e. The molecule has 0 N–H and O–H groups in total. The highest BCUT2D eigenvalue weighted by molar-refractivity contribution is 5.33. The lowest BCUT2D eigenvalue weighted by Gasteiger charge is -1.99. The van der Waals surface area contributed by atoms with E-state index in [0.29, 0.717) is 0 Å². The van der Waals surface area contributed by atoms with Gasteiger partial charge in [-0.15, -0.1) is 6.42 Å². The molecule has 0 bridgehead atoms. The second-order valence-corrected chi connectivity index (χ2v) is 4.27. The Hall–Kier alpha value is -1.32. The van der Waals surface area contributed by atoms with Crippen molar-refractivity contribution in [3.05, 3.63) is 0 Å². The molecule has 0 rings (SSSR count). The maximum atomic E-state index is 4.98. The van der Waals surface area contributed by atoms with E-state index in [4.69, 9.17) is 6.42 Å². The molecule has 0 heteroatoms. The number of hydrogen-bond donors (Lipinski definition) is 0. The van der Waals surface area contributed by atoms with Crippen molar-refractivity contribution >= 4 is 0 Å². The molecule has 0 saturated carbocycles. The topological polar surface area (TPSA) is 0 Å². The number of terminal acetylenes is 1. The zero-order valence-electron chi connectivity index (χ0n) is 11.1. The van der Waals surface area contributed by atoms with E-state index >= 15 is 0 Å². The normalized spacial score (nSPS) is 8.47. The van der Waals surface area contributed by atoms with Crippen LogP contribution in [-0.2, 0) is 0 Å². The molecule has 92 valence electrons. The molecular weight excluding hydrogens is 204 g/mol. The van der Waals surface area contributed by atoms with Crippen LogP contribution in [0.4, 0.5) is 0 Å². The number of unbranched alkanes of at least 4 members (excludes halogenated alkanes) is 9. The second kappa shape index (κ2) is 14.7. The van der Waals surface area contributed by atoms with E-state index in [1.165, 1.54) is 57.8 Å². The van der Waals surface area contributed by atoms with E-state index in [-0.39, 0.29) is 0 Å².